The molecule has 28 heavy (non-hydrogen) atoms. The lowest BCUT2D eigenvalue weighted by atomic mass is 9.99. The van der Waals surface area contributed by atoms with Gasteiger partial charge in [-0.1, -0.05) is 36.4 Å². The number of fused-ring (bicyclic) bond motifs is 1. The third kappa shape index (κ3) is 3.27. The third-order valence-corrected chi connectivity index (χ3v) is 6.28. The highest BCUT2D eigenvalue weighted by atomic mass is 35.5. The Hall–Kier alpha value is -2.43. The van der Waals surface area contributed by atoms with E-state index in [4.69, 9.17) is 11.6 Å². The number of nitrogens with zero attached hydrogens (tertiary/aromatic N) is 3. The summed E-state index contributed by atoms with van der Waals surface area (Å²) in [7, 11) is 0. The number of benzene rings is 2. The van der Waals surface area contributed by atoms with Crippen LogP contribution in [0.15, 0.2) is 48.5 Å². The van der Waals surface area contributed by atoms with Crippen molar-refractivity contribution in [3.05, 3.63) is 69.8 Å². The van der Waals surface area contributed by atoms with Gasteiger partial charge in [0.1, 0.15) is 10.6 Å². The SMILES string of the molecule is CCN(c1ccccc1)c1nc(Cl)nc2sc(C)c(-c3ccc(C)c(C)c3)c12. The first-order valence-electron chi connectivity index (χ1n) is 9.36. The van der Waals surface area contributed by atoms with E-state index in [-0.39, 0.29) is 5.28 Å². The fourth-order valence-corrected chi connectivity index (χ4v) is 4.82. The summed E-state index contributed by atoms with van der Waals surface area (Å²) in [5, 5.41) is 1.35. The predicted molar refractivity (Wildman–Crippen MR) is 121 cm³/mol. The van der Waals surface area contributed by atoms with Gasteiger partial charge >= 0.3 is 0 Å². The van der Waals surface area contributed by atoms with Crippen LogP contribution in [0, 0.1) is 20.8 Å². The Balaban J connectivity index is 2.02. The molecule has 0 spiro atoms. The van der Waals surface area contributed by atoms with Crippen molar-refractivity contribution in [2.75, 3.05) is 11.4 Å². The first kappa shape index (κ1) is 18.9. The topological polar surface area (TPSA) is 29.0 Å². The fraction of sp³-hybridized carbons (Fsp3) is 0.217. The van der Waals surface area contributed by atoms with E-state index >= 15 is 0 Å². The Morgan fingerprint density at radius 3 is 2.39 bits per heavy atom. The van der Waals surface area contributed by atoms with Crippen LogP contribution in [0.5, 0.6) is 0 Å². The van der Waals surface area contributed by atoms with E-state index in [0.717, 1.165) is 28.3 Å². The third-order valence-electron chi connectivity index (χ3n) is 5.12. The Morgan fingerprint density at radius 1 is 0.964 bits per heavy atom. The second kappa shape index (κ2) is 7.53. The smallest absolute Gasteiger partial charge is 0.225 e. The van der Waals surface area contributed by atoms with E-state index in [2.05, 4.69) is 72.9 Å². The molecule has 4 aromatic rings. The van der Waals surface area contributed by atoms with Crippen molar-refractivity contribution < 1.29 is 0 Å². The molecule has 0 radical (unpaired) electrons. The van der Waals surface area contributed by atoms with Gasteiger partial charge in [-0.25, -0.2) is 4.98 Å². The minimum absolute atomic E-state index is 0.282. The Bertz CT molecular complexity index is 1150. The molecule has 0 aliphatic heterocycles. The first-order valence-corrected chi connectivity index (χ1v) is 10.6. The summed E-state index contributed by atoms with van der Waals surface area (Å²) in [4.78, 5) is 13.6. The zero-order chi connectivity index (χ0) is 19.8. The summed E-state index contributed by atoms with van der Waals surface area (Å²) < 4.78 is 0. The van der Waals surface area contributed by atoms with Crippen LogP contribution >= 0.6 is 22.9 Å². The molecular formula is C23H22ClN3S. The van der Waals surface area contributed by atoms with E-state index in [9.17, 15) is 0 Å². The van der Waals surface area contributed by atoms with Crippen LogP contribution in [0.3, 0.4) is 0 Å². The van der Waals surface area contributed by atoms with Crippen molar-refractivity contribution in [3.8, 4) is 11.1 Å². The zero-order valence-electron chi connectivity index (χ0n) is 16.5. The van der Waals surface area contributed by atoms with Gasteiger partial charge in [0.05, 0.1) is 5.39 Å². The molecule has 142 valence electrons. The Morgan fingerprint density at radius 2 is 1.71 bits per heavy atom. The summed E-state index contributed by atoms with van der Waals surface area (Å²) in [5.74, 6) is 0.862. The minimum Gasteiger partial charge on any atom is -0.326 e. The number of hydrogen-bond donors (Lipinski definition) is 0. The number of hydrogen-bond acceptors (Lipinski definition) is 4. The van der Waals surface area contributed by atoms with Crippen LogP contribution in [-0.4, -0.2) is 16.5 Å². The molecule has 2 aromatic carbocycles. The quantitative estimate of drug-likeness (QED) is 0.338. The number of halogens is 1. The normalized spacial score (nSPS) is 11.2. The fourth-order valence-electron chi connectivity index (χ4n) is 3.57. The molecule has 5 heteroatoms. The Kier molecular flexibility index (Phi) is 5.09. The number of aryl methyl sites for hydroxylation is 3. The van der Waals surface area contributed by atoms with Gasteiger partial charge in [-0.3, -0.25) is 0 Å². The number of thiophene rings is 1. The van der Waals surface area contributed by atoms with Gasteiger partial charge in [0.15, 0.2) is 0 Å². The molecule has 0 bridgehead atoms. The van der Waals surface area contributed by atoms with Gasteiger partial charge in [-0.2, -0.15) is 4.98 Å². The molecule has 4 rings (SSSR count). The van der Waals surface area contributed by atoms with Gasteiger partial charge in [0, 0.05) is 22.7 Å². The summed E-state index contributed by atoms with van der Waals surface area (Å²) in [5.41, 5.74) is 6.06. The standard InChI is InChI=1S/C23H22ClN3S/c1-5-27(18-9-7-6-8-10-18)21-20-19(17-12-11-14(2)15(3)13-17)16(4)28-22(20)26-23(24)25-21/h6-13H,5H2,1-4H3. The lowest BCUT2D eigenvalue weighted by Crippen LogP contribution is -2.18. The van der Waals surface area contributed by atoms with Crippen molar-refractivity contribution in [2.24, 2.45) is 0 Å². The van der Waals surface area contributed by atoms with E-state index in [1.807, 2.05) is 18.2 Å². The van der Waals surface area contributed by atoms with Crippen molar-refractivity contribution in [1.82, 2.24) is 9.97 Å². The number of aromatic nitrogens is 2. The van der Waals surface area contributed by atoms with Crippen molar-refractivity contribution in [2.45, 2.75) is 27.7 Å². The Labute approximate surface area is 174 Å². The highest BCUT2D eigenvalue weighted by Crippen LogP contribution is 2.43. The molecule has 0 unspecified atom stereocenters. The van der Waals surface area contributed by atoms with Crippen molar-refractivity contribution in [1.29, 1.82) is 0 Å². The van der Waals surface area contributed by atoms with Crippen LogP contribution in [0.25, 0.3) is 21.3 Å². The van der Waals surface area contributed by atoms with Crippen molar-refractivity contribution in [3.63, 3.8) is 0 Å². The van der Waals surface area contributed by atoms with Crippen LogP contribution in [0.4, 0.5) is 11.5 Å². The monoisotopic (exact) mass is 407 g/mol. The molecule has 0 amide bonds. The molecule has 0 saturated carbocycles. The average molecular weight is 408 g/mol. The molecule has 0 aliphatic carbocycles. The molecule has 0 aliphatic rings. The molecule has 0 saturated heterocycles. The van der Waals surface area contributed by atoms with E-state index in [0.29, 0.717) is 0 Å². The van der Waals surface area contributed by atoms with Crippen LogP contribution < -0.4 is 4.90 Å². The average Bonchev–Trinajstić information content (AvgIpc) is 3.01. The minimum atomic E-state index is 0.282. The molecule has 0 N–H and O–H groups in total. The number of anilines is 2. The van der Waals surface area contributed by atoms with Crippen LogP contribution in [0.1, 0.15) is 22.9 Å². The molecular weight excluding hydrogens is 386 g/mol. The van der Waals surface area contributed by atoms with E-state index < -0.39 is 0 Å². The maximum atomic E-state index is 6.32. The molecule has 0 fully saturated rings. The van der Waals surface area contributed by atoms with Gasteiger partial charge in [-0.15, -0.1) is 11.3 Å². The second-order valence-electron chi connectivity index (χ2n) is 6.91. The van der Waals surface area contributed by atoms with E-state index in [1.54, 1.807) is 11.3 Å². The van der Waals surface area contributed by atoms with Gasteiger partial charge in [0.2, 0.25) is 5.28 Å². The predicted octanol–water partition coefficient (Wildman–Crippen LogP) is 7.09. The van der Waals surface area contributed by atoms with Crippen LogP contribution in [0.2, 0.25) is 5.28 Å². The van der Waals surface area contributed by atoms with Gasteiger partial charge < -0.3 is 4.90 Å². The van der Waals surface area contributed by atoms with Gasteiger partial charge in [-0.05, 0) is 68.1 Å². The summed E-state index contributed by atoms with van der Waals surface area (Å²) in [6.07, 6.45) is 0. The number of rotatable bonds is 4. The maximum absolute atomic E-state index is 6.32. The lowest BCUT2D eigenvalue weighted by Gasteiger charge is -2.23. The summed E-state index contributed by atoms with van der Waals surface area (Å²) in [6.45, 7) is 9.35. The second-order valence-corrected chi connectivity index (χ2v) is 8.45. The molecule has 2 aromatic heterocycles. The number of para-hydroxylation sites is 1. The van der Waals surface area contributed by atoms with Crippen LogP contribution in [-0.2, 0) is 0 Å². The maximum Gasteiger partial charge on any atom is 0.225 e. The highest BCUT2D eigenvalue weighted by Gasteiger charge is 2.22. The largest absolute Gasteiger partial charge is 0.326 e. The van der Waals surface area contributed by atoms with E-state index in [1.165, 1.54) is 27.1 Å². The van der Waals surface area contributed by atoms with Crippen molar-refractivity contribution >= 4 is 44.7 Å². The summed E-state index contributed by atoms with van der Waals surface area (Å²) >= 11 is 8.00. The van der Waals surface area contributed by atoms with Gasteiger partial charge in [0.25, 0.3) is 0 Å². The zero-order valence-corrected chi connectivity index (χ0v) is 18.0. The molecule has 2 heterocycles. The summed E-state index contributed by atoms with van der Waals surface area (Å²) in [6, 6.07) is 16.9. The highest BCUT2D eigenvalue weighted by molar-refractivity contribution is 7.19. The lowest BCUT2D eigenvalue weighted by molar-refractivity contribution is 0.991. The first-order chi connectivity index (χ1) is 13.5. The molecule has 3 nitrogen and oxygen atoms in total. The molecule has 0 atom stereocenters.